The molecule has 5 aromatic rings. The van der Waals surface area contributed by atoms with Gasteiger partial charge in [0.25, 0.3) is 5.91 Å². The van der Waals surface area contributed by atoms with Crippen molar-refractivity contribution in [2.24, 2.45) is 0 Å². The first kappa shape index (κ1) is 29.3. The Morgan fingerprint density at radius 3 is 2.31 bits per heavy atom. The number of carboxylic acid groups (broad SMARTS) is 1. The summed E-state index contributed by atoms with van der Waals surface area (Å²) in [4.78, 5) is 28.1. The molecule has 6 rings (SSSR count). The fraction of sp³-hybridized carbons (Fsp3) is 0.0625. The zero-order chi connectivity index (χ0) is 28.5. The number of methoxy groups -OCH3 is 1. The fourth-order valence-electron chi connectivity index (χ4n) is 4.92. The zero-order valence-corrected chi connectivity index (χ0v) is 25.6. The van der Waals surface area contributed by atoms with Crippen LogP contribution in [-0.4, -0.2) is 33.8 Å². The number of amides is 1. The maximum atomic E-state index is 12.9. The summed E-state index contributed by atoms with van der Waals surface area (Å²) >= 11 is 6.66. The number of hydrogen-bond acceptors (Lipinski definition) is 6. The molecule has 0 fully saturated rings. The van der Waals surface area contributed by atoms with Crippen LogP contribution in [0.4, 0.5) is 5.69 Å². The van der Waals surface area contributed by atoms with Crippen molar-refractivity contribution in [1.82, 2.24) is 14.8 Å². The van der Waals surface area contributed by atoms with Crippen LogP contribution in [0.5, 0.6) is 5.75 Å². The van der Waals surface area contributed by atoms with E-state index in [0.29, 0.717) is 38.7 Å². The van der Waals surface area contributed by atoms with Crippen LogP contribution in [0.25, 0.3) is 39.6 Å². The first-order chi connectivity index (χ1) is 19.9. The second-order valence-corrected chi connectivity index (χ2v) is 9.88. The number of benzene rings is 4. The van der Waals surface area contributed by atoms with Gasteiger partial charge in [-0.15, -0.1) is 0 Å². The number of nitrogens with zero attached hydrogens (tertiary/aromatic N) is 3. The van der Waals surface area contributed by atoms with E-state index in [4.69, 9.17) is 16.3 Å². The van der Waals surface area contributed by atoms with Crippen LogP contribution < -0.4 is 44.7 Å². The number of aliphatic carboxylic acids is 1. The van der Waals surface area contributed by atoms with Gasteiger partial charge in [0, 0.05) is 34.7 Å². The Hall–Kier alpha value is -4.21. The third kappa shape index (κ3) is 5.89. The topological polar surface area (TPSA) is 109 Å². The van der Waals surface area contributed by atoms with Crippen molar-refractivity contribution in [3.8, 4) is 33.7 Å². The van der Waals surface area contributed by atoms with Gasteiger partial charge in [-0.05, 0) is 64.7 Å². The molecular formula is C32H22ClN4NaO4. The molecule has 1 amide bonds. The fourth-order valence-corrected chi connectivity index (χ4v) is 5.19. The van der Waals surface area contributed by atoms with Gasteiger partial charge in [0.1, 0.15) is 18.4 Å². The molecule has 1 aliphatic rings. The Kier molecular flexibility index (Phi) is 8.61. The van der Waals surface area contributed by atoms with E-state index in [1.807, 2.05) is 54.6 Å². The molecule has 1 N–H and O–H groups in total. The molecule has 4 aromatic carbocycles. The monoisotopic (exact) mass is 584 g/mol. The maximum Gasteiger partial charge on any atom is 1.00 e. The van der Waals surface area contributed by atoms with E-state index in [1.54, 1.807) is 41.4 Å². The van der Waals surface area contributed by atoms with Crippen molar-refractivity contribution >= 4 is 40.8 Å². The predicted octanol–water partition coefficient (Wildman–Crippen LogP) is 2.05. The van der Waals surface area contributed by atoms with E-state index in [1.165, 1.54) is 13.4 Å². The van der Waals surface area contributed by atoms with E-state index in [2.05, 4.69) is 15.4 Å². The summed E-state index contributed by atoms with van der Waals surface area (Å²) in [5.41, 5.74) is 7.60. The summed E-state index contributed by atoms with van der Waals surface area (Å²) in [7, 11) is 1.47. The molecule has 1 aliphatic heterocycles. The molecule has 0 radical (unpaired) electrons. The number of rotatable bonds is 7. The molecule has 0 aliphatic carbocycles. The molecule has 0 unspecified atom stereocenters. The molecule has 202 valence electrons. The van der Waals surface area contributed by atoms with Crippen LogP contribution >= 0.6 is 11.6 Å². The number of anilines is 1. The molecular weight excluding hydrogens is 563 g/mol. The third-order valence-corrected chi connectivity index (χ3v) is 7.23. The summed E-state index contributed by atoms with van der Waals surface area (Å²) in [6.07, 6.45) is 4.57. The number of halogens is 1. The summed E-state index contributed by atoms with van der Waals surface area (Å²) in [5, 5.41) is 18.7. The third-order valence-electron chi connectivity index (χ3n) is 6.92. The number of aromatic nitrogens is 3. The van der Waals surface area contributed by atoms with Crippen molar-refractivity contribution in [2.45, 2.75) is 6.42 Å². The molecule has 0 spiro atoms. The molecule has 10 heteroatoms. The number of hydrogen-bond donors (Lipinski definition) is 1. The Morgan fingerprint density at radius 1 is 0.976 bits per heavy atom. The van der Waals surface area contributed by atoms with E-state index in [0.717, 1.165) is 27.9 Å². The summed E-state index contributed by atoms with van der Waals surface area (Å²) < 4.78 is 6.97. The molecule has 2 heterocycles. The molecule has 0 bridgehead atoms. The standard InChI is InChI=1S/C32H23ClN4O4.Na/c1-41-30-11-2-19(12-23(30)14-31(38)39)13-27-26-15-25(28(33)16-29(26)36-32(27)40)22-5-3-20(4-6-22)21-7-9-24(10-8-21)37-18-34-17-35-37;/h2-13,15-18H,14H2,1H3,(H,36,40)(H,38,39);/q;+1/p-1/b27-13+;. The van der Waals surface area contributed by atoms with Gasteiger partial charge in [0.15, 0.2) is 0 Å². The molecule has 42 heavy (non-hydrogen) atoms. The minimum atomic E-state index is -1.22. The number of carboxylic acids is 1. The van der Waals surface area contributed by atoms with Gasteiger partial charge in [0.05, 0.1) is 23.5 Å². The average Bonchev–Trinajstić information content (AvgIpc) is 3.61. The first-order valence-electron chi connectivity index (χ1n) is 12.7. The summed E-state index contributed by atoms with van der Waals surface area (Å²) in [6, 6.07) is 24.8. The van der Waals surface area contributed by atoms with E-state index in [9.17, 15) is 14.7 Å². The van der Waals surface area contributed by atoms with Gasteiger partial charge in [-0.3, -0.25) is 4.79 Å². The molecule has 0 saturated carbocycles. The van der Waals surface area contributed by atoms with Gasteiger partial charge in [-0.25, -0.2) is 9.67 Å². The van der Waals surface area contributed by atoms with E-state index >= 15 is 0 Å². The predicted molar refractivity (Wildman–Crippen MR) is 155 cm³/mol. The van der Waals surface area contributed by atoms with Crippen LogP contribution in [0, 0.1) is 0 Å². The zero-order valence-electron chi connectivity index (χ0n) is 22.8. The first-order valence-corrected chi connectivity index (χ1v) is 13.1. The second kappa shape index (κ2) is 12.3. The van der Waals surface area contributed by atoms with Gasteiger partial charge in [-0.1, -0.05) is 54.1 Å². The quantitative estimate of drug-likeness (QED) is 0.232. The van der Waals surface area contributed by atoms with Crippen LogP contribution in [0.2, 0.25) is 5.02 Å². The molecule has 0 atom stereocenters. The van der Waals surface area contributed by atoms with Crippen molar-refractivity contribution in [3.63, 3.8) is 0 Å². The SMILES string of the molecule is COc1ccc(/C=C2/C(=O)Nc3cc(Cl)c(-c4ccc(-c5ccc(-n6cncn6)cc5)cc4)cc32)cc1CC(=O)[O-].[Na+]. The normalized spacial score (nSPS) is 12.9. The van der Waals surface area contributed by atoms with Crippen LogP contribution in [-0.2, 0) is 16.0 Å². The van der Waals surface area contributed by atoms with Gasteiger partial charge in [-0.2, -0.15) is 5.10 Å². The molecule has 8 nitrogen and oxygen atoms in total. The van der Waals surface area contributed by atoms with Crippen LogP contribution in [0.3, 0.4) is 0 Å². The minimum absolute atomic E-state index is 0. The van der Waals surface area contributed by atoms with Crippen molar-refractivity contribution in [2.75, 3.05) is 12.4 Å². The van der Waals surface area contributed by atoms with Crippen molar-refractivity contribution in [1.29, 1.82) is 0 Å². The number of fused-ring (bicyclic) bond motifs is 1. The van der Waals surface area contributed by atoms with Crippen molar-refractivity contribution < 1.29 is 49.0 Å². The minimum Gasteiger partial charge on any atom is -0.550 e. The van der Waals surface area contributed by atoms with Crippen LogP contribution in [0.1, 0.15) is 16.7 Å². The van der Waals surface area contributed by atoms with Gasteiger partial charge in [0.2, 0.25) is 0 Å². The Balaban J connectivity index is 0.00000353. The van der Waals surface area contributed by atoms with Crippen LogP contribution in [0.15, 0.2) is 91.5 Å². The smallest absolute Gasteiger partial charge is 0.550 e. The Labute approximate surface area is 268 Å². The largest absolute Gasteiger partial charge is 1.00 e. The number of ether oxygens (including phenoxy) is 1. The number of carbonyl (C=O) groups is 2. The van der Waals surface area contributed by atoms with Crippen molar-refractivity contribution in [3.05, 3.63) is 113 Å². The van der Waals surface area contributed by atoms with Gasteiger partial charge >= 0.3 is 29.6 Å². The summed E-state index contributed by atoms with van der Waals surface area (Å²) in [6.45, 7) is 0. The molecule has 0 saturated heterocycles. The maximum absolute atomic E-state index is 12.9. The molecule has 1 aromatic heterocycles. The Bertz CT molecular complexity index is 1820. The second-order valence-electron chi connectivity index (χ2n) is 9.47. The summed E-state index contributed by atoms with van der Waals surface area (Å²) in [5.74, 6) is -1.04. The van der Waals surface area contributed by atoms with E-state index in [-0.39, 0.29) is 41.9 Å². The van der Waals surface area contributed by atoms with Gasteiger partial charge < -0.3 is 20.0 Å². The number of nitrogens with one attached hydrogen (secondary N) is 1. The van der Waals surface area contributed by atoms with E-state index < -0.39 is 5.97 Å². The Morgan fingerprint density at radius 2 is 1.67 bits per heavy atom. The number of carbonyl (C=O) groups excluding carboxylic acids is 2. The average molecular weight is 585 g/mol.